The van der Waals surface area contributed by atoms with Gasteiger partial charge in [0.05, 0.1) is 11.5 Å². The van der Waals surface area contributed by atoms with E-state index in [1.54, 1.807) is 19.3 Å². The number of hydrogen-bond acceptors (Lipinski definition) is 4. The smallest absolute Gasteiger partial charge is 0.244 e. The van der Waals surface area contributed by atoms with Crippen LogP contribution in [-0.4, -0.2) is 51.1 Å². The zero-order valence-corrected chi connectivity index (χ0v) is 13.6. The molecule has 120 valence electrons. The molecule has 0 aromatic carbocycles. The third-order valence-corrected chi connectivity index (χ3v) is 4.82. The summed E-state index contributed by atoms with van der Waals surface area (Å²) in [6.45, 7) is 8.14. The van der Waals surface area contributed by atoms with Crippen molar-refractivity contribution in [3.63, 3.8) is 0 Å². The van der Waals surface area contributed by atoms with Crippen LogP contribution in [0.2, 0.25) is 0 Å². The normalized spacial score (nSPS) is 12.0. The Bertz CT molecular complexity index is 525. The Labute approximate surface area is 127 Å². The number of H-pyrrole nitrogens is 1. The van der Waals surface area contributed by atoms with E-state index in [9.17, 15) is 8.42 Å². The number of sulfonamides is 1. The van der Waals surface area contributed by atoms with Crippen molar-refractivity contribution in [2.75, 3.05) is 33.4 Å². The van der Waals surface area contributed by atoms with Gasteiger partial charge in [-0.25, -0.2) is 8.42 Å². The summed E-state index contributed by atoms with van der Waals surface area (Å²) in [7, 11) is -1.97. The predicted octanol–water partition coefficient (Wildman–Crippen LogP) is 1.34. The number of rotatable bonds is 11. The molecule has 0 unspecified atom stereocenters. The Morgan fingerprint density at radius 3 is 2.90 bits per heavy atom. The van der Waals surface area contributed by atoms with Crippen LogP contribution >= 0.6 is 0 Å². The summed E-state index contributed by atoms with van der Waals surface area (Å²) in [4.78, 5) is 3.27. The van der Waals surface area contributed by atoms with Crippen LogP contribution in [0.1, 0.15) is 19.0 Å². The van der Waals surface area contributed by atoms with E-state index in [-0.39, 0.29) is 11.4 Å². The highest BCUT2D eigenvalue weighted by Gasteiger charge is 2.24. The number of ether oxygens (including phenoxy) is 1. The van der Waals surface area contributed by atoms with Crippen molar-refractivity contribution in [3.8, 4) is 0 Å². The molecule has 0 saturated heterocycles. The highest BCUT2D eigenvalue weighted by molar-refractivity contribution is 7.89. The van der Waals surface area contributed by atoms with Gasteiger partial charge in [-0.2, -0.15) is 4.31 Å². The van der Waals surface area contributed by atoms with Crippen LogP contribution in [0.25, 0.3) is 0 Å². The van der Waals surface area contributed by atoms with E-state index >= 15 is 0 Å². The van der Waals surface area contributed by atoms with Crippen molar-refractivity contribution in [3.05, 3.63) is 30.6 Å². The SMILES string of the molecule is C=CCN(CCOC)S(=O)(=O)c1c[nH]c(CNCCC)c1. The third-order valence-electron chi connectivity index (χ3n) is 2.97. The van der Waals surface area contributed by atoms with E-state index in [2.05, 4.69) is 23.8 Å². The first kappa shape index (κ1) is 17.9. The fourth-order valence-corrected chi connectivity index (χ4v) is 3.28. The molecular formula is C14H25N3O3S. The van der Waals surface area contributed by atoms with Crippen molar-refractivity contribution >= 4 is 10.0 Å². The van der Waals surface area contributed by atoms with Gasteiger partial charge in [0.2, 0.25) is 10.0 Å². The minimum absolute atomic E-state index is 0.264. The molecule has 0 atom stereocenters. The van der Waals surface area contributed by atoms with Gasteiger partial charge in [-0.3, -0.25) is 0 Å². The molecule has 6 nitrogen and oxygen atoms in total. The Kier molecular flexibility index (Phi) is 7.66. The summed E-state index contributed by atoms with van der Waals surface area (Å²) in [5.74, 6) is 0. The van der Waals surface area contributed by atoms with Crippen LogP contribution in [-0.2, 0) is 21.3 Å². The number of hydrogen-bond donors (Lipinski definition) is 2. The molecule has 0 aliphatic carbocycles. The van der Waals surface area contributed by atoms with Gasteiger partial charge in [0.15, 0.2) is 0 Å². The highest BCUT2D eigenvalue weighted by Crippen LogP contribution is 2.16. The number of nitrogens with one attached hydrogen (secondary N) is 2. The lowest BCUT2D eigenvalue weighted by atomic mass is 10.4. The monoisotopic (exact) mass is 315 g/mol. The van der Waals surface area contributed by atoms with Crippen LogP contribution in [0.15, 0.2) is 29.8 Å². The average molecular weight is 315 g/mol. The topological polar surface area (TPSA) is 74.4 Å². The maximum absolute atomic E-state index is 12.6. The molecule has 0 spiro atoms. The summed E-state index contributed by atoms with van der Waals surface area (Å²) in [5.41, 5.74) is 0.854. The first-order chi connectivity index (χ1) is 10.1. The van der Waals surface area contributed by atoms with Gasteiger partial charge in [-0.1, -0.05) is 13.0 Å². The molecular weight excluding hydrogens is 290 g/mol. The summed E-state index contributed by atoms with van der Waals surface area (Å²) >= 11 is 0. The fraction of sp³-hybridized carbons (Fsp3) is 0.571. The minimum atomic E-state index is -3.52. The summed E-state index contributed by atoms with van der Waals surface area (Å²) in [6.07, 6.45) is 4.14. The molecule has 1 heterocycles. The lowest BCUT2D eigenvalue weighted by Crippen LogP contribution is -2.33. The second-order valence-corrected chi connectivity index (χ2v) is 6.62. The summed E-state index contributed by atoms with van der Waals surface area (Å²) < 4.78 is 31.4. The molecule has 0 aliphatic rings. The molecule has 0 radical (unpaired) electrons. The Hall–Kier alpha value is -1.15. The average Bonchev–Trinajstić information content (AvgIpc) is 2.93. The molecule has 0 saturated carbocycles. The maximum atomic E-state index is 12.6. The molecule has 0 bridgehead atoms. The van der Waals surface area contributed by atoms with Crippen LogP contribution in [0.4, 0.5) is 0 Å². The lowest BCUT2D eigenvalue weighted by Gasteiger charge is -2.19. The zero-order valence-electron chi connectivity index (χ0n) is 12.8. The largest absolute Gasteiger partial charge is 0.383 e. The van der Waals surface area contributed by atoms with Crippen molar-refractivity contribution in [2.24, 2.45) is 0 Å². The maximum Gasteiger partial charge on any atom is 0.244 e. The number of methoxy groups -OCH3 is 1. The lowest BCUT2D eigenvalue weighted by molar-refractivity contribution is 0.182. The van der Waals surface area contributed by atoms with Crippen molar-refractivity contribution in [2.45, 2.75) is 24.8 Å². The number of aromatic amines is 1. The van der Waals surface area contributed by atoms with Crippen LogP contribution in [0.3, 0.4) is 0 Å². The van der Waals surface area contributed by atoms with E-state index in [1.165, 1.54) is 10.5 Å². The third kappa shape index (κ3) is 5.28. The molecule has 2 N–H and O–H groups in total. The molecule has 7 heteroatoms. The van der Waals surface area contributed by atoms with Gasteiger partial charge in [-0.15, -0.1) is 6.58 Å². The summed E-state index contributed by atoms with van der Waals surface area (Å²) in [6, 6.07) is 1.67. The molecule has 21 heavy (non-hydrogen) atoms. The van der Waals surface area contributed by atoms with Gasteiger partial charge in [0.25, 0.3) is 0 Å². The van der Waals surface area contributed by atoms with Gasteiger partial charge in [0.1, 0.15) is 0 Å². The Morgan fingerprint density at radius 2 is 2.29 bits per heavy atom. The first-order valence-corrected chi connectivity index (χ1v) is 8.48. The molecule has 1 rings (SSSR count). The second kappa shape index (κ2) is 8.99. The molecule has 0 fully saturated rings. The standard InChI is InChI=1S/C14H25N3O3S/c1-4-6-15-11-13-10-14(12-16-13)21(18,19)17(7-5-2)8-9-20-3/h5,10,12,15-16H,2,4,6-9,11H2,1,3H3. The second-order valence-electron chi connectivity index (χ2n) is 4.68. The van der Waals surface area contributed by atoms with Crippen LogP contribution < -0.4 is 5.32 Å². The Balaban J connectivity index is 2.81. The van der Waals surface area contributed by atoms with Gasteiger partial charge < -0.3 is 15.0 Å². The van der Waals surface area contributed by atoms with Crippen molar-refractivity contribution in [1.82, 2.24) is 14.6 Å². The van der Waals surface area contributed by atoms with E-state index < -0.39 is 10.0 Å². The first-order valence-electron chi connectivity index (χ1n) is 7.04. The minimum Gasteiger partial charge on any atom is -0.383 e. The molecule has 1 aromatic rings. The van der Waals surface area contributed by atoms with Crippen molar-refractivity contribution in [1.29, 1.82) is 0 Å². The van der Waals surface area contributed by atoms with E-state index in [0.717, 1.165) is 18.7 Å². The van der Waals surface area contributed by atoms with Gasteiger partial charge in [-0.05, 0) is 19.0 Å². The number of nitrogens with zero attached hydrogens (tertiary/aromatic N) is 1. The summed E-state index contributed by atoms with van der Waals surface area (Å²) in [5, 5.41) is 3.23. The van der Waals surface area contributed by atoms with E-state index in [4.69, 9.17) is 4.74 Å². The van der Waals surface area contributed by atoms with Crippen LogP contribution in [0, 0.1) is 0 Å². The van der Waals surface area contributed by atoms with Gasteiger partial charge >= 0.3 is 0 Å². The van der Waals surface area contributed by atoms with E-state index in [1.807, 2.05) is 0 Å². The fourth-order valence-electron chi connectivity index (χ4n) is 1.87. The molecule has 0 amide bonds. The van der Waals surface area contributed by atoms with E-state index in [0.29, 0.717) is 19.7 Å². The highest BCUT2D eigenvalue weighted by atomic mass is 32.2. The van der Waals surface area contributed by atoms with Gasteiger partial charge in [0, 0.05) is 38.6 Å². The Morgan fingerprint density at radius 1 is 1.52 bits per heavy atom. The predicted molar refractivity (Wildman–Crippen MR) is 83.6 cm³/mol. The quantitative estimate of drug-likeness (QED) is 0.477. The molecule has 1 aromatic heterocycles. The molecule has 0 aliphatic heterocycles. The van der Waals surface area contributed by atoms with Crippen molar-refractivity contribution < 1.29 is 13.2 Å². The van der Waals surface area contributed by atoms with Crippen LogP contribution in [0.5, 0.6) is 0 Å². The number of aromatic nitrogens is 1. The zero-order chi connectivity index (χ0) is 15.7.